The summed E-state index contributed by atoms with van der Waals surface area (Å²) in [5.74, 6) is -5.34. The van der Waals surface area contributed by atoms with Gasteiger partial charge in [-0.2, -0.15) is 0 Å². The molecule has 1 heterocycles. The van der Waals surface area contributed by atoms with Crippen molar-refractivity contribution in [1.29, 1.82) is 0 Å². The number of piperazine rings is 1. The van der Waals surface area contributed by atoms with Crippen molar-refractivity contribution in [2.45, 2.75) is 20.4 Å². The number of halogens is 3. The summed E-state index contributed by atoms with van der Waals surface area (Å²) >= 11 is 0. The van der Waals surface area contributed by atoms with Crippen LogP contribution in [0.2, 0.25) is 0 Å². The minimum absolute atomic E-state index is 0.116. The number of hydrogen-bond acceptors (Lipinski definition) is 2. The second-order valence-corrected chi connectivity index (χ2v) is 6.76. The highest BCUT2D eigenvalue weighted by molar-refractivity contribution is 5.97. The lowest BCUT2D eigenvalue weighted by molar-refractivity contribution is -0.135. The Bertz CT molecular complexity index is 894. The van der Waals surface area contributed by atoms with Gasteiger partial charge >= 0.3 is 0 Å². The zero-order chi connectivity index (χ0) is 19.7. The number of carbonyl (C=O) groups is 2. The standard InChI is InChI=1S/C20H19F3N2O2/c1-12-7-13(2)9-14(8-12)10-24-5-6-25(11-17(24)26)20(27)18-15(21)3-4-16(22)19(18)23/h3-4,7-9H,5-6,10-11H2,1-2H3. The molecule has 2 amide bonds. The van der Waals surface area contributed by atoms with Gasteiger partial charge in [0.15, 0.2) is 11.6 Å². The van der Waals surface area contributed by atoms with Crippen LogP contribution in [0.4, 0.5) is 13.2 Å². The van der Waals surface area contributed by atoms with Gasteiger partial charge in [0.05, 0.1) is 0 Å². The first kappa shape index (κ1) is 18.9. The zero-order valence-electron chi connectivity index (χ0n) is 15.1. The van der Waals surface area contributed by atoms with Crippen LogP contribution in [-0.4, -0.2) is 41.2 Å². The quantitative estimate of drug-likeness (QED) is 0.772. The fourth-order valence-corrected chi connectivity index (χ4v) is 3.31. The molecule has 4 nitrogen and oxygen atoms in total. The molecule has 0 aromatic heterocycles. The number of benzene rings is 2. The van der Waals surface area contributed by atoms with E-state index in [0.717, 1.165) is 21.6 Å². The molecule has 0 aliphatic carbocycles. The molecular weight excluding hydrogens is 357 g/mol. The fourth-order valence-electron chi connectivity index (χ4n) is 3.31. The first-order valence-electron chi connectivity index (χ1n) is 8.54. The van der Waals surface area contributed by atoms with Crippen LogP contribution in [0.15, 0.2) is 30.3 Å². The van der Waals surface area contributed by atoms with Gasteiger partial charge in [-0.1, -0.05) is 29.3 Å². The molecule has 1 aliphatic heterocycles. The van der Waals surface area contributed by atoms with Crippen LogP contribution in [0.25, 0.3) is 0 Å². The maximum absolute atomic E-state index is 13.8. The number of carbonyl (C=O) groups excluding carboxylic acids is 2. The molecule has 0 N–H and O–H groups in total. The van der Waals surface area contributed by atoms with Crippen LogP contribution < -0.4 is 0 Å². The van der Waals surface area contributed by atoms with E-state index in [1.165, 1.54) is 0 Å². The molecule has 1 aliphatic rings. The van der Waals surface area contributed by atoms with Gasteiger partial charge in [-0.3, -0.25) is 9.59 Å². The molecule has 0 bridgehead atoms. The fraction of sp³-hybridized carbons (Fsp3) is 0.300. The van der Waals surface area contributed by atoms with E-state index < -0.39 is 28.9 Å². The lowest BCUT2D eigenvalue weighted by Crippen LogP contribution is -2.52. The van der Waals surface area contributed by atoms with Crippen molar-refractivity contribution in [2.24, 2.45) is 0 Å². The summed E-state index contributed by atoms with van der Waals surface area (Å²) in [6, 6.07) is 7.31. The van der Waals surface area contributed by atoms with Crippen LogP contribution in [0, 0.1) is 31.3 Å². The largest absolute Gasteiger partial charge is 0.335 e. The highest BCUT2D eigenvalue weighted by atomic mass is 19.2. The molecule has 7 heteroatoms. The van der Waals surface area contributed by atoms with Crippen molar-refractivity contribution in [1.82, 2.24) is 9.80 Å². The van der Waals surface area contributed by atoms with Crippen molar-refractivity contribution < 1.29 is 22.8 Å². The van der Waals surface area contributed by atoms with E-state index in [1.54, 1.807) is 4.90 Å². The summed E-state index contributed by atoms with van der Waals surface area (Å²) in [5, 5.41) is 0. The average molecular weight is 376 g/mol. The molecule has 1 saturated heterocycles. The molecule has 0 atom stereocenters. The van der Waals surface area contributed by atoms with Crippen molar-refractivity contribution in [3.05, 3.63) is 70.0 Å². The molecular formula is C20H19F3N2O2. The molecule has 0 spiro atoms. The first-order chi connectivity index (χ1) is 12.8. The Kier molecular flexibility index (Phi) is 5.21. The van der Waals surface area contributed by atoms with Gasteiger partial charge in [0.25, 0.3) is 5.91 Å². The zero-order valence-corrected chi connectivity index (χ0v) is 15.1. The molecule has 0 saturated carbocycles. The van der Waals surface area contributed by atoms with Crippen molar-refractivity contribution in [2.75, 3.05) is 19.6 Å². The van der Waals surface area contributed by atoms with Crippen molar-refractivity contribution in [3.8, 4) is 0 Å². The van der Waals surface area contributed by atoms with Crippen LogP contribution in [-0.2, 0) is 11.3 Å². The number of hydrogen-bond donors (Lipinski definition) is 0. The molecule has 0 radical (unpaired) electrons. The van der Waals surface area contributed by atoms with Gasteiger partial charge in [-0.25, -0.2) is 13.2 Å². The number of nitrogens with zero attached hydrogens (tertiary/aromatic N) is 2. The molecule has 2 aromatic rings. The number of amides is 2. The van der Waals surface area contributed by atoms with E-state index in [0.29, 0.717) is 18.7 Å². The predicted octanol–water partition coefficient (Wildman–Crippen LogP) is 3.21. The van der Waals surface area contributed by atoms with E-state index in [-0.39, 0.29) is 25.5 Å². The van der Waals surface area contributed by atoms with E-state index in [2.05, 4.69) is 0 Å². The highest BCUT2D eigenvalue weighted by Crippen LogP contribution is 2.20. The Balaban J connectivity index is 1.72. The highest BCUT2D eigenvalue weighted by Gasteiger charge is 2.31. The Hall–Kier alpha value is -2.83. The maximum Gasteiger partial charge on any atom is 0.260 e. The molecule has 27 heavy (non-hydrogen) atoms. The van der Waals surface area contributed by atoms with Gasteiger partial charge in [0.2, 0.25) is 5.91 Å². The lowest BCUT2D eigenvalue weighted by atomic mass is 10.1. The smallest absolute Gasteiger partial charge is 0.260 e. The lowest BCUT2D eigenvalue weighted by Gasteiger charge is -2.34. The van der Waals surface area contributed by atoms with Crippen LogP contribution in [0.1, 0.15) is 27.0 Å². The van der Waals surface area contributed by atoms with Gasteiger partial charge in [-0.15, -0.1) is 0 Å². The molecule has 2 aromatic carbocycles. The van der Waals surface area contributed by atoms with Crippen LogP contribution >= 0.6 is 0 Å². The molecule has 1 fully saturated rings. The molecule has 3 rings (SSSR count). The van der Waals surface area contributed by atoms with E-state index in [4.69, 9.17) is 0 Å². The third kappa shape index (κ3) is 3.97. The normalized spacial score (nSPS) is 14.6. The summed E-state index contributed by atoms with van der Waals surface area (Å²) < 4.78 is 41.0. The first-order valence-corrected chi connectivity index (χ1v) is 8.54. The Morgan fingerprint density at radius 2 is 1.63 bits per heavy atom. The van der Waals surface area contributed by atoms with Crippen LogP contribution in [0.3, 0.4) is 0 Å². The average Bonchev–Trinajstić information content (AvgIpc) is 2.59. The SMILES string of the molecule is Cc1cc(C)cc(CN2CCN(C(=O)c3c(F)ccc(F)c3F)CC2=O)c1. The van der Waals surface area contributed by atoms with Gasteiger partial charge in [0.1, 0.15) is 17.9 Å². The summed E-state index contributed by atoms with van der Waals surface area (Å²) in [6.45, 7) is 4.37. The molecule has 142 valence electrons. The Morgan fingerprint density at radius 3 is 2.26 bits per heavy atom. The van der Waals surface area contributed by atoms with Gasteiger partial charge < -0.3 is 9.80 Å². The topological polar surface area (TPSA) is 40.6 Å². The Labute approximate surface area is 155 Å². The summed E-state index contributed by atoms with van der Waals surface area (Å²) in [6.07, 6.45) is 0. The predicted molar refractivity (Wildman–Crippen MR) is 93.6 cm³/mol. The van der Waals surface area contributed by atoms with Crippen molar-refractivity contribution in [3.63, 3.8) is 0 Å². The number of rotatable bonds is 3. The van der Waals surface area contributed by atoms with Gasteiger partial charge in [0, 0.05) is 19.6 Å². The van der Waals surface area contributed by atoms with Crippen LogP contribution in [0.5, 0.6) is 0 Å². The van der Waals surface area contributed by atoms with Crippen molar-refractivity contribution >= 4 is 11.8 Å². The Morgan fingerprint density at radius 1 is 1.00 bits per heavy atom. The number of aryl methyl sites for hydroxylation is 2. The minimum Gasteiger partial charge on any atom is -0.335 e. The van der Waals surface area contributed by atoms with E-state index in [1.807, 2.05) is 32.0 Å². The summed E-state index contributed by atoms with van der Waals surface area (Å²) in [7, 11) is 0. The molecule has 0 unspecified atom stereocenters. The van der Waals surface area contributed by atoms with E-state index >= 15 is 0 Å². The van der Waals surface area contributed by atoms with Gasteiger partial charge in [-0.05, 0) is 31.5 Å². The summed E-state index contributed by atoms with van der Waals surface area (Å²) in [5.41, 5.74) is 2.18. The third-order valence-corrected chi connectivity index (χ3v) is 4.52. The minimum atomic E-state index is -1.54. The summed E-state index contributed by atoms with van der Waals surface area (Å²) in [4.78, 5) is 27.5. The third-order valence-electron chi connectivity index (χ3n) is 4.52. The second kappa shape index (κ2) is 7.42. The monoisotopic (exact) mass is 376 g/mol. The van der Waals surface area contributed by atoms with E-state index in [9.17, 15) is 22.8 Å². The maximum atomic E-state index is 13.8. The second-order valence-electron chi connectivity index (χ2n) is 6.76.